The predicted octanol–water partition coefficient (Wildman–Crippen LogP) is 1.15. The Labute approximate surface area is 133 Å². The summed E-state index contributed by atoms with van der Waals surface area (Å²) in [6.45, 7) is 1.81. The molecule has 0 atom stereocenters. The zero-order valence-corrected chi connectivity index (χ0v) is 13.0. The fraction of sp³-hybridized carbons (Fsp3) is 0.312. The maximum absolute atomic E-state index is 12.3. The number of fused-ring (bicyclic) bond motifs is 1. The van der Waals surface area contributed by atoms with Crippen molar-refractivity contribution in [3.8, 4) is 0 Å². The van der Waals surface area contributed by atoms with Crippen molar-refractivity contribution in [1.29, 1.82) is 0 Å². The SMILES string of the molecule is COCCn1cnnc1CCNC(=O)c1ccc2ccccn12. The standard InChI is InChI=1S/C16H19N5O2/c1-23-11-10-20-12-18-19-15(20)7-8-17-16(22)14-6-5-13-4-2-3-9-21(13)14/h2-6,9,12H,7-8,10-11H2,1H3,(H,17,22). The molecule has 7 heteroatoms. The Balaban J connectivity index is 1.58. The number of methoxy groups -OCH3 is 1. The van der Waals surface area contributed by atoms with Crippen LogP contribution in [-0.2, 0) is 17.7 Å². The first kappa shape index (κ1) is 15.2. The molecule has 0 radical (unpaired) electrons. The second-order valence-corrected chi connectivity index (χ2v) is 5.15. The van der Waals surface area contributed by atoms with Crippen LogP contribution in [0.1, 0.15) is 16.3 Å². The fourth-order valence-electron chi connectivity index (χ4n) is 2.47. The predicted molar refractivity (Wildman–Crippen MR) is 85.3 cm³/mol. The maximum atomic E-state index is 12.3. The van der Waals surface area contributed by atoms with Crippen LogP contribution in [0, 0.1) is 0 Å². The number of hydrogen-bond acceptors (Lipinski definition) is 4. The minimum absolute atomic E-state index is 0.0980. The van der Waals surface area contributed by atoms with E-state index in [1.165, 1.54) is 0 Å². The van der Waals surface area contributed by atoms with Crippen molar-refractivity contribution in [2.45, 2.75) is 13.0 Å². The van der Waals surface area contributed by atoms with E-state index in [0.717, 1.165) is 11.3 Å². The Morgan fingerprint density at radius 1 is 1.30 bits per heavy atom. The van der Waals surface area contributed by atoms with E-state index in [2.05, 4.69) is 15.5 Å². The van der Waals surface area contributed by atoms with Gasteiger partial charge in [0.05, 0.1) is 6.61 Å². The normalized spacial score (nSPS) is 11.0. The van der Waals surface area contributed by atoms with E-state index in [-0.39, 0.29) is 5.91 Å². The molecule has 0 fully saturated rings. The summed E-state index contributed by atoms with van der Waals surface area (Å²) in [7, 11) is 1.66. The highest BCUT2D eigenvalue weighted by Gasteiger charge is 2.11. The topological polar surface area (TPSA) is 73.4 Å². The molecule has 0 unspecified atom stereocenters. The van der Waals surface area contributed by atoms with E-state index >= 15 is 0 Å². The quantitative estimate of drug-likeness (QED) is 0.710. The Hall–Kier alpha value is -2.67. The van der Waals surface area contributed by atoms with Crippen molar-refractivity contribution in [2.75, 3.05) is 20.3 Å². The molecule has 0 bridgehead atoms. The number of aromatic nitrogens is 4. The van der Waals surface area contributed by atoms with Gasteiger partial charge in [-0.05, 0) is 24.3 Å². The van der Waals surface area contributed by atoms with E-state index in [0.29, 0.717) is 31.8 Å². The first-order valence-electron chi connectivity index (χ1n) is 7.49. The summed E-state index contributed by atoms with van der Waals surface area (Å²) in [6.07, 6.45) is 4.18. The van der Waals surface area contributed by atoms with Gasteiger partial charge in [0.1, 0.15) is 17.8 Å². The summed E-state index contributed by atoms with van der Waals surface area (Å²) in [5.41, 5.74) is 1.62. The number of carbonyl (C=O) groups is 1. The molecule has 0 spiro atoms. The van der Waals surface area contributed by atoms with Gasteiger partial charge in [0.25, 0.3) is 5.91 Å². The third kappa shape index (κ3) is 3.40. The fourth-order valence-corrected chi connectivity index (χ4v) is 2.47. The van der Waals surface area contributed by atoms with Crippen LogP contribution in [0.5, 0.6) is 0 Å². The molecular formula is C16H19N5O2. The molecule has 3 heterocycles. The summed E-state index contributed by atoms with van der Waals surface area (Å²) in [5, 5.41) is 10.9. The van der Waals surface area contributed by atoms with Gasteiger partial charge in [0.2, 0.25) is 0 Å². The number of amides is 1. The van der Waals surface area contributed by atoms with Gasteiger partial charge in [-0.15, -0.1) is 10.2 Å². The third-order valence-electron chi connectivity index (χ3n) is 3.66. The molecule has 7 nitrogen and oxygen atoms in total. The smallest absolute Gasteiger partial charge is 0.268 e. The second-order valence-electron chi connectivity index (χ2n) is 5.15. The van der Waals surface area contributed by atoms with E-state index in [9.17, 15) is 4.79 Å². The van der Waals surface area contributed by atoms with Gasteiger partial charge in [0, 0.05) is 38.3 Å². The molecule has 1 amide bonds. The lowest BCUT2D eigenvalue weighted by Crippen LogP contribution is -2.27. The van der Waals surface area contributed by atoms with Crippen molar-refractivity contribution in [1.82, 2.24) is 24.5 Å². The van der Waals surface area contributed by atoms with Gasteiger partial charge in [0.15, 0.2) is 0 Å². The molecule has 3 aromatic rings. The van der Waals surface area contributed by atoms with Crippen molar-refractivity contribution in [3.63, 3.8) is 0 Å². The number of nitrogens with zero attached hydrogens (tertiary/aromatic N) is 4. The average molecular weight is 313 g/mol. The van der Waals surface area contributed by atoms with Crippen LogP contribution in [0.15, 0.2) is 42.9 Å². The number of ether oxygens (including phenoxy) is 1. The summed E-state index contributed by atoms with van der Waals surface area (Å²) >= 11 is 0. The largest absolute Gasteiger partial charge is 0.383 e. The summed E-state index contributed by atoms with van der Waals surface area (Å²) in [5.74, 6) is 0.738. The van der Waals surface area contributed by atoms with Crippen LogP contribution < -0.4 is 5.32 Å². The summed E-state index contributed by atoms with van der Waals surface area (Å²) < 4.78 is 8.86. The molecule has 0 aliphatic heterocycles. The highest BCUT2D eigenvalue weighted by atomic mass is 16.5. The number of pyridine rings is 1. The Bertz CT molecular complexity index is 792. The molecule has 0 saturated carbocycles. The second kappa shape index (κ2) is 7.06. The van der Waals surface area contributed by atoms with Crippen LogP contribution in [0.2, 0.25) is 0 Å². The highest BCUT2D eigenvalue weighted by molar-refractivity contribution is 5.94. The summed E-state index contributed by atoms with van der Waals surface area (Å²) in [6, 6.07) is 9.57. The van der Waals surface area contributed by atoms with Crippen LogP contribution in [0.3, 0.4) is 0 Å². The number of hydrogen-bond donors (Lipinski definition) is 1. The van der Waals surface area contributed by atoms with E-state index in [1.54, 1.807) is 13.4 Å². The lowest BCUT2D eigenvalue weighted by atomic mass is 10.3. The molecule has 23 heavy (non-hydrogen) atoms. The van der Waals surface area contributed by atoms with Crippen molar-refractivity contribution >= 4 is 11.4 Å². The van der Waals surface area contributed by atoms with Crippen LogP contribution in [0.25, 0.3) is 5.52 Å². The van der Waals surface area contributed by atoms with Crippen LogP contribution >= 0.6 is 0 Å². The van der Waals surface area contributed by atoms with E-state index in [4.69, 9.17) is 4.74 Å². The van der Waals surface area contributed by atoms with E-state index < -0.39 is 0 Å². The first-order chi connectivity index (χ1) is 11.3. The molecule has 3 aromatic heterocycles. The lowest BCUT2D eigenvalue weighted by molar-refractivity contribution is 0.0948. The molecule has 0 aliphatic carbocycles. The molecule has 0 aromatic carbocycles. The number of rotatable bonds is 7. The first-order valence-corrected chi connectivity index (χ1v) is 7.49. The van der Waals surface area contributed by atoms with Gasteiger partial charge in [-0.25, -0.2) is 0 Å². The van der Waals surface area contributed by atoms with Gasteiger partial charge in [-0.2, -0.15) is 0 Å². The average Bonchev–Trinajstić information content (AvgIpc) is 3.19. The van der Waals surface area contributed by atoms with Crippen molar-refractivity contribution in [2.24, 2.45) is 0 Å². The number of carbonyl (C=O) groups excluding carboxylic acids is 1. The van der Waals surface area contributed by atoms with Gasteiger partial charge in [-0.1, -0.05) is 6.07 Å². The molecule has 0 aliphatic rings. The molecule has 1 N–H and O–H groups in total. The third-order valence-corrected chi connectivity index (χ3v) is 3.66. The lowest BCUT2D eigenvalue weighted by Gasteiger charge is -2.07. The summed E-state index contributed by atoms with van der Waals surface area (Å²) in [4.78, 5) is 12.3. The zero-order valence-electron chi connectivity index (χ0n) is 13.0. The van der Waals surface area contributed by atoms with Crippen LogP contribution in [0.4, 0.5) is 0 Å². The van der Waals surface area contributed by atoms with Crippen molar-refractivity contribution < 1.29 is 9.53 Å². The highest BCUT2D eigenvalue weighted by Crippen LogP contribution is 2.09. The Kier molecular flexibility index (Phi) is 4.68. The molecule has 0 saturated heterocycles. The van der Waals surface area contributed by atoms with E-state index in [1.807, 2.05) is 45.5 Å². The van der Waals surface area contributed by atoms with Gasteiger partial charge in [-0.3, -0.25) is 4.79 Å². The Morgan fingerprint density at radius 3 is 3.09 bits per heavy atom. The van der Waals surface area contributed by atoms with Gasteiger partial charge >= 0.3 is 0 Å². The zero-order chi connectivity index (χ0) is 16.1. The number of nitrogens with one attached hydrogen (secondary N) is 1. The minimum atomic E-state index is -0.0980. The maximum Gasteiger partial charge on any atom is 0.268 e. The minimum Gasteiger partial charge on any atom is -0.383 e. The monoisotopic (exact) mass is 313 g/mol. The molecule has 3 rings (SSSR count). The van der Waals surface area contributed by atoms with Crippen molar-refractivity contribution in [3.05, 3.63) is 54.4 Å². The Morgan fingerprint density at radius 2 is 2.22 bits per heavy atom. The van der Waals surface area contributed by atoms with Crippen LogP contribution in [-0.4, -0.2) is 45.3 Å². The molecule has 120 valence electrons. The van der Waals surface area contributed by atoms with Gasteiger partial charge < -0.3 is 19.0 Å². The molecular weight excluding hydrogens is 294 g/mol.